The van der Waals surface area contributed by atoms with Crippen LogP contribution in [-0.4, -0.2) is 25.3 Å². The number of methoxy groups -OCH3 is 2. The van der Waals surface area contributed by atoms with E-state index >= 15 is 0 Å². The smallest absolute Gasteiger partial charge is 0.311 e. The normalized spacial score (nSPS) is 10.5. The van der Waals surface area contributed by atoms with Crippen LogP contribution < -0.4 is 14.2 Å². The van der Waals surface area contributed by atoms with Crippen molar-refractivity contribution in [2.75, 3.05) is 14.2 Å². The first-order valence-electron chi connectivity index (χ1n) is 7.11. The molecule has 5 nitrogen and oxygen atoms in total. The number of carbonyl (C=O) groups excluding carboxylic acids is 1. The highest BCUT2D eigenvalue weighted by atomic mass is 16.6. The number of phenols is 1. The topological polar surface area (TPSA) is 65.0 Å². The molecule has 0 fully saturated rings. The lowest BCUT2D eigenvalue weighted by Gasteiger charge is -2.17. The molecule has 0 aliphatic rings. The van der Waals surface area contributed by atoms with Crippen molar-refractivity contribution in [1.82, 2.24) is 0 Å². The molecule has 2 aromatic rings. The average molecular weight is 304 g/mol. The Bertz CT molecular complexity index is 706. The summed E-state index contributed by atoms with van der Waals surface area (Å²) < 4.78 is 16.0. The van der Waals surface area contributed by atoms with E-state index < -0.39 is 0 Å². The summed E-state index contributed by atoms with van der Waals surface area (Å²) in [4.78, 5) is 11.9. The monoisotopic (exact) mass is 304 g/mol. The number of hydrogen-bond acceptors (Lipinski definition) is 5. The largest absolute Gasteiger partial charge is 0.504 e. The van der Waals surface area contributed by atoms with E-state index in [1.54, 1.807) is 6.07 Å². The van der Waals surface area contributed by atoms with Gasteiger partial charge in [0.15, 0.2) is 11.5 Å². The maximum absolute atomic E-state index is 11.9. The molecule has 0 bridgehead atoms. The van der Waals surface area contributed by atoms with E-state index in [1.807, 2.05) is 26.0 Å². The van der Waals surface area contributed by atoms with Gasteiger partial charge in [0.25, 0.3) is 0 Å². The third-order valence-corrected chi connectivity index (χ3v) is 3.38. The van der Waals surface area contributed by atoms with Crippen LogP contribution in [0.15, 0.2) is 18.2 Å². The Hall–Kier alpha value is -2.43. The molecule has 1 N–H and O–H groups in total. The molecule has 22 heavy (non-hydrogen) atoms. The predicted octanol–water partition coefficient (Wildman–Crippen LogP) is 3.58. The summed E-state index contributed by atoms with van der Waals surface area (Å²) >= 11 is 0. The molecular weight excluding hydrogens is 284 g/mol. The zero-order chi connectivity index (χ0) is 16.3. The number of benzene rings is 2. The van der Waals surface area contributed by atoms with E-state index in [9.17, 15) is 9.90 Å². The molecule has 0 saturated carbocycles. The van der Waals surface area contributed by atoms with E-state index in [0.29, 0.717) is 23.6 Å². The van der Waals surface area contributed by atoms with E-state index in [-0.39, 0.29) is 29.0 Å². The molecule has 0 amide bonds. The molecule has 0 unspecified atom stereocenters. The molecule has 5 heteroatoms. The molecular formula is C17H20O5. The maximum Gasteiger partial charge on any atom is 0.311 e. The van der Waals surface area contributed by atoms with Crippen LogP contribution in [0.5, 0.6) is 23.0 Å². The second-order valence-corrected chi connectivity index (χ2v) is 5.02. The minimum atomic E-state index is -0.351. The van der Waals surface area contributed by atoms with Crippen molar-refractivity contribution in [3.63, 3.8) is 0 Å². The maximum atomic E-state index is 11.9. The first-order chi connectivity index (χ1) is 10.5. The van der Waals surface area contributed by atoms with Gasteiger partial charge in [-0.05, 0) is 19.4 Å². The number of esters is 1. The number of rotatable bonds is 5. The van der Waals surface area contributed by atoms with Gasteiger partial charge in [0.2, 0.25) is 11.5 Å². The van der Waals surface area contributed by atoms with Crippen molar-refractivity contribution >= 4 is 16.7 Å². The van der Waals surface area contributed by atoms with E-state index in [0.717, 1.165) is 5.56 Å². The Balaban J connectivity index is 2.76. The minimum Gasteiger partial charge on any atom is -0.504 e. The molecule has 0 aliphatic carbocycles. The third kappa shape index (κ3) is 2.79. The zero-order valence-electron chi connectivity index (χ0n) is 13.2. The fourth-order valence-electron chi connectivity index (χ4n) is 2.35. The highest BCUT2D eigenvalue weighted by molar-refractivity contribution is 6.00. The number of ether oxygens (including phenoxy) is 3. The van der Waals surface area contributed by atoms with Crippen LogP contribution in [0.3, 0.4) is 0 Å². The Kier molecular flexibility index (Phi) is 4.75. The quantitative estimate of drug-likeness (QED) is 0.675. The van der Waals surface area contributed by atoms with Crippen LogP contribution in [0, 0.1) is 6.92 Å². The number of fused-ring (bicyclic) bond motifs is 1. The molecule has 2 rings (SSSR count). The van der Waals surface area contributed by atoms with E-state index in [4.69, 9.17) is 14.2 Å². The fourth-order valence-corrected chi connectivity index (χ4v) is 2.35. The lowest BCUT2D eigenvalue weighted by Crippen LogP contribution is -2.09. The molecule has 0 aromatic heterocycles. The second-order valence-electron chi connectivity index (χ2n) is 5.02. The van der Waals surface area contributed by atoms with Crippen molar-refractivity contribution < 1.29 is 24.1 Å². The van der Waals surface area contributed by atoms with Crippen LogP contribution in [0.4, 0.5) is 0 Å². The van der Waals surface area contributed by atoms with Crippen molar-refractivity contribution in [2.45, 2.75) is 26.7 Å². The van der Waals surface area contributed by atoms with Gasteiger partial charge in [-0.1, -0.05) is 24.6 Å². The molecule has 0 saturated heterocycles. The Morgan fingerprint density at radius 2 is 1.77 bits per heavy atom. The molecule has 0 spiro atoms. The number of aromatic hydroxyl groups is 1. The van der Waals surface area contributed by atoms with E-state index in [2.05, 4.69) is 0 Å². The van der Waals surface area contributed by atoms with Crippen molar-refractivity contribution in [3.05, 3.63) is 23.8 Å². The molecule has 0 heterocycles. The highest BCUT2D eigenvalue weighted by Gasteiger charge is 2.23. The van der Waals surface area contributed by atoms with Crippen LogP contribution in [-0.2, 0) is 4.79 Å². The van der Waals surface area contributed by atoms with Crippen LogP contribution in [0.25, 0.3) is 10.8 Å². The summed E-state index contributed by atoms with van der Waals surface area (Å²) in [5.41, 5.74) is 0.979. The second kappa shape index (κ2) is 6.56. The van der Waals surface area contributed by atoms with Gasteiger partial charge in [-0.2, -0.15) is 0 Å². The lowest BCUT2D eigenvalue weighted by molar-refractivity contribution is -0.134. The standard InChI is InChI=1S/C17H20O5/c1-5-6-13(18)22-15-12-9-10(2)7-8-11(12)14(19)16(20-3)17(15)21-4/h7-9,19H,5-6H2,1-4H3. The first-order valence-corrected chi connectivity index (χ1v) is 7.11. The van der Waals surface area contributed by atoms with Gasteiger partial charge < -0.3 is 19.3 Å². The summed E-state index contributed by atoms with van der Waals surface area (Å²) in [5, 5.41) is 11.5. The summed E-state index contributed by atoms with van der Waals surface area (Å²) in [6.45, 7) is 3.82. The number of carbonyl (C=O) groups is 1. The molecule has 118 valence electrons. The lowest BCUT2D eigenvalue weighted by atomic mass is 10.0. The summed E-state index contributed by atoms with van der Waals surface area (Å²) in [6.07, 6.45) is 0.993. The Labute approximate surface area is 129 Å². The van der Waals surface area contributed by atoms with E-state index in [1.165, 1.54) is 14.2 Å². The first kappa shape index (κ1) is 15.9. The van der Waals surface area contributed by atoms with Crippen molar-refractivity contribution in [3.8, 4) is 23.0 Å². The molecule has 0 radical (unpaired) electrons. The number of aryl methyl sites for hydroxylation is 1. The van der Waals surface area contributed by atoms with Crippen LogP contribution in [0.1, 0.15) is 25.3 Å². The van der Waals surface area contributed by atoms with Gasteiger partial charge in [-0.15, -0.1) is 0 Å². The molecule has 0 atom stereocenters. The van der Waals surface area contributed by atoms with Gasteiger partial charge in [0, 0.05) is 17.2 Å². The predicted molar refractivity (Wildman–Crippen MR) is 84.0 cm³/mol. The van der Waals surface area contributed by atoms with Crippen LogP contribution in [0.2, 0.25) is 0 Å². The van der Waals surface area contributed by atoms with Gasteiger partial charge >= 0.3 is 5.97 Å². The van der Waals surface area contributed by atoms with Gasteiger partial charge in [0.1, 0.15) is 0 Å². The summed E-state index contributed by atoms with van der Waals surface area (Å²) in [6, 6.07) is 5.47. The Morgan fingerprint density at radius 3 is 2.36 bits per heavy atom. The van der Waals surface area contributed by atoms with Gasteiger partial charge in [0.05, 0.1) is 14.2 Å². The Morgan fingerprint density at radius 1 is 1.09 bits per heavy atom. The van der Waals surface area contributed by atoms with Crippen LogP contribution >= 0.6 is 0 Å². The zero-order valence-corrected chi connectivity index (χ0v) is 13.2. The molecule has 0 aliphatic heterocycles. The van der Waals surface area contributed by atoms with Gasteiger partial charge in [-0.3, -0.25) is 4.79 Å². The average Bonchev–Trinajstić information content (AvgIpc) is 2.49. The summed E-state index contributed by atoms with van der Waals surface area (Å²) in [5.74, 6) is 0.246. The molecule has 2 aromatic carbocycles. The fraction of sp³-hybridized carbons (Fsp3) is 0.353. The SMILES string of the molecule is CCCC(=O)Oc1c(OC)c(OC)c(O)c2ccc(C)cc12. The third-order valence-electron chi connectivity index (χ3n) is 3.38. The number of phenolic OH excluding ortho intramolecular Hbond substituents is 1. The minimum absolute atomic E-state index is 0.0374. The van der Waals surface area contributed by atoms with Crippen molar-refractivity contribution in [2.24, 2.45) is 0 Å². The number of hydrogen-bond donors (Lipinski definition) is 1. The van der Waals surface area contributed by atoms with Crippen molar-refractivity contribution in [1.29, 1.82) is 0 Å². The van der Waals surface area contributed by atoms with Gasteiger partial charge in [-0.25, -0.2) is 0 Å². The summed E-state index contributed by atoms with van der Waals surface area (Å²) in [7, 11) is 2.87. The highest BCUT2D eigenvalue weighted by Crippen LogP contribution is 2.50.